The molecule has 3 rings (SSSR count). The summed E-state index contributed by atoms with van der Waals surface area (Å²) in [7, 11) is 0. The number of aryl methyl sites for hydroxylation is 2. The molecule has 0 unspecified atom stereocenters. The number of amides is 2. The molecule has 1 heterocycles. The first-order chi connectivity index (χ1) is 11.1. The highest BCUT2D eigenvalue weighted by molar-refractivity contribution is 5.94. The molecule has 0 aliphatic carbocycles. The fourth-order valence-corrected chi connectivity index (χ4v) is 2.43. The van der Waals surface area contributed by atoms with Crippen molar-refractivity contribution in [1.29, 1.82) is 0 Å². The van der Waals surface area contributed by atoms with Gasteiger partial charge in [0.1, 0.15) is 5.75 Å². The summed E-state index contributed by atoms with van der Waals surface area (Å²) in [5, 5.41) is 5.60. The van der Waals surface area contributed by atoms with Gasteiger partial charge in [0, 0.05) is 17.8 Å². The number of nitrogens with one attached hydrogen (secondary N) is 2. The number of carbonyl (C=O) groups is 2. The van der Waals surface area contributed by atoms with Crippen molar-refractivity contribution >= 4 is 23.2 Å². The van der Waals surface area contributed by atoms with Gasteiger partial charge in [-0.25, -0.2) is 0 Å². The number of carbonyl (C=O) groups excluding carboxylic acids is 2. The van der Waals surface area contributed by atoms with Crippen molar-refractivity contribution in [3.63, 3.8) is 0 Å². The molecule has 0 fully saturated rings. The van der Waals surface area contributed by atoms with Crippen LogP contribution < -0.4 is 15.4 Å². The lowest BCUT2D eigenvalue weighted by Gasteiger charge is -2.17. The number of fused-ring (bicyclic) bond motifs is 1. The predicted molar refractivity (Wildman–Crippen MR) is 88.7 cm³/mol. The van der Waals surface area contributed by atoms with Crippen LogP contribution in [-0.2, 0) is 16.0 Å². The Bertz CT molecular complexity index is 738. The van der Waals surface area contributed by atoms with Gasteiger partial charge in [-0.15, -0.1) is 0 Å². The van der Waals surface area contributed by atoms with Crippen molar-refractivity contribution in [3.05, 3.63) is 53.6 Å². The summed E-state index contributed by atoms with van der Waals surface area (Å²) in [6.45, 7) is 1.94. The Balaban J connectivity index is 1.56. The second-order valence-electron chi connectivity index (χ2n) is 5.57. The maximum absolute atomic E-state index is 11.9. The second kappa shape index (κ2) is 6.52. The van der Waals surface area contributed by atoms with E-state index in [4.69, 9.17) is 4.74 Å². The van der Waals surface area contributed by atoms with Crippen LogP contribution >= 0.6 is 0 Å². The van der Waals surface area contributed by atoms with Crippen LogP contribution in [0.2, 0.25) is 0 Å². The van der Waals surface area contributed by atoms with Crippen molar-refractivity contribution in [2.45, 2.75) is 19.8 Å². The molecule has 2 amide bonds. The molecule has 23 heavy (non-hydrogen) atoms. The van der Waals surface area contributed by atoms with Crippen molar-refractivity contribution in [2.24, 2.45) is 0 Å². The van der Waals surface area contributed by atoms with Crippen LogP contribution in [0.25, 0.3) is 0 Å². The summed E-state index contributed by atoms with van der Waals surface area (Å²) in [4.78, 5) is 23.2. The van der Waals surface area contributed by atoms with E-state index in [2.05, 4.69) is 10.6 Å². The molecule has 118 valence electrons. The normalized spacial score (nSPS) is 13.0. The molecule has 2 N–H and O–H groups in total. The van der Waals surface area contributed by atoms with E-state index in [0.717, 1.165) is 22.5 Å². The van der Waals surface area contributed by atoms with E-state index >= 15 is 0 Å². The summed E-state index contributed by atoms with van der Waals surface area (Å²) in [5.74, 6) is 0.447. The van der Waals surface area contributed by atoms with Gasteiger partial charge in [0.15, 0.2) is 6.61 Å². The first-order valence-electron chi connectivity index (χ1n) is 7.52. The third-order valence-electron chi connectivity index (χ3n) is 3.68. The van der Waals surface area contributed by atoms with Crippen molar-refractivity contribution < 1.29 is 14.3 Å². The maximum atomic E-state index is 11.9. The standard InChI is InChI=1S/C18H18N2O3/c1-12-2-5-14(6-3-12)19-18(22)11-23-15-7-8-16-13(10-15)4-9-17(21)20-16/h2-3,5-8,10H,4,9,11H2,1H3,(H,19,22)(H,20,21). The van der Waals surface area contributed by atoms with Gasteiger partial charge in [-0.1, -0.05) is 17.7 Å². The fourth-order valence-electron chi connectivity index (χ4n) is 2.43. The van der Waals surface area contributed by atoms with Gasteiger partial charge in [-0.3, -0.25) is 9.59 Å². The zero-order chi connectivity index (χ0) is 16.2. The van der Waals surface area contributed by atoms with Crippen molar-refractivity contribution in [2.75, 3.05) is 17.2 Å². The van der Waals surface area contributed by atoms with Gasteiger partial charge in [0.25, 0.3) is 5.91 Å². The largest absolute Gasteiger partial charge is 0.484 e. The van der Waals surface area contributed by atoms with Crippen LogP contribution in [-0.4, -0.2) is 18.4 Å². The molecule has 2 aromatic rings. The summed E-state index contributed by atoms with van der Waals surface area (Å²) < 4.78 is 5.53. The zero-order valence-corrected chi connectivity index (χ0v) is 12.9. The van der Waals surface area contributed by atoms with Gasteiger partial charge < -0.3 is 15.4 Å². The highest BCUT2D eigenvalue weighted by atomic mass is 16.5. The molecular weight excluding hydrogens is 292 g/mol. The van der Waals surface area contributed by atoms with E-state index in [9.17, 15) is 9.59 Å². The molecule has 2 aromatic carbocycles. The molecule has 0 bridgehead atoms. The Kier molecular flexibility index (Phi) is 4.28. The lowest BCUT2D eigenvalue weighted by molar-refractivity contribution is -0.118. The van der Waals surface area contributed by atoms with E-state index < -0.39 is 0 Å². The van der Waals surface area contributed by atoms with Gasteiger partial charge in [0.2, 0.25) is 5.91 Å². The quantitative estimate of drug-likeness (QED) is 0.912. The third-order valence-corrected chi connectivity index (χ3v) is 3.68. The number of hydrogen-bond donors (Lipinski definition) is 2. The number of benzene rings is 2. The van der Waals surface area contributed by atoms with Gasteiger partial charge >= 0.3 is 0 Å². The third kappa shape index (κ3) is 3.88. The van der Waals surface area contributed by atoms with E-state index in [1.54, 1.807) is 12.1 Å². The van der Waals surface area contributed by atoms with Crippen LogP contribution in [0.1, 0.15) is 17.5 Å². The second-order valence-corrected chi connectivity index (χ2v) is 5.57. The monoisotopic (exact) mass is 310 g/mol. The topological polar surface area (TPSA) is 67.4 Å². The summed E-state index contributed by atoms with van der Waals surface area (Å²) in [6, 6.07) is 13.0. The van der Waals surface area contributed by atoms with Crippen LogP contribution in [0, 0.1) is 6.92 Å². The number of rotatable bonds is 4. The molecule has 0 saturated carbocycles. The van der Waals surface area contributed by atoms with Crippen LogP contribution in [0.4, 0.5) is 11.4 Å². The van der Waals surface area contributed by atoms with Crippen molar-refractivity contribution in [3.8, 4) is 5.75 Å². The molecule has 0 atom stereocenters. The first kappa shape index (κ1) is 15.1. The lowest BCUT2D eigenvalue weighted by Crippen LogP contribution is -2.21. The molecule has 0 saturated heterocycles. The Morgan fingerprint density at radius 1 is 1.17 bits per heavy atom. The summed E-state index contributed by atoms with van der Waals surface area (Å²) >= 11 is 0. The van der Waals surface area contributed by atoms with E-state index in [1.807, 2.05) is 37.3 Å². The lowest BCUT2D eigenvalue weighted by atomic mass is 10.0. The molecule has 0 spiro atoms. The average molecular weight is 310 g/mol. The smallest absolute Gasteiger partial charge is 0.262 e. The minimum Gasteiger partial charge on any atom is -0.484 e. The molecule has 5 heteroatoms. The van der Waals surface area contributed by atoms with Gasteiger partial charge in [-0.05, 0) is 49.2 Å². The van der Waals surface area contributed by atoms with Gasteiger partial charge in [0.05, 0.1) is 0 Å². The number of ether oxygens (including phenoxy) is 1. The SMILES string of the molecule is Cc1ccc(NC(=O)COc2ccc3c(c2)CCC(=O)N3)cc1. The summed E-state index contributed by atoms with van der Waals surface area (Å²) in [5.41, 5.74) is 3.73. The predicted octanol–water partition coefficient (Wildman–Crippen LogP) is 2.90. The zero-order valence-electron chi connectivity index (χ0n) is 12.9. The Labute approximate surface area is 134 Å². The highest BCUT2D eigenvalue weighted by Crippen LogP contribution is 2.26. The fraction of sp³-hybridized carbons (Fsp3) is 0.222. The van der Waals surface area contributed by atoms with Crippen LogP contribution in [0.5, 0.6) is 5.75 Å². The first-order valence-corrected chi connectivity index (χ1v) is 7.52. The Hall–Kier alpha value is -2.82. The minimum absolute atomic E-state index is 0.0312. The molecule has 0 aromatic heterocycles. The van der Waals surface area contributed by atoms with Gasteiger partial charge in [-0.2, -0.15) is 0 Å². The van der Waals surface area contributed by atoms with Crippen molar-refractivity contribution in [1.82, 2.24) is 0 Å². The van der Waals surface area contributed by atoms with Crippen LogP contribution in [0.15, 0.2) is 42.5 Å². The number of hydrogen-bond acceptors (Lipinski definition) is 3. The van der Waals surface area contributed by atoms with Crippen LogP contribution in [0.3, 0.4) is 0 Å². The molecule has 1 aliphatic rings. The average Bonchev–Trinajstić information content (AvgIpc) is 2.55. The minimum atomic E-state index is -0.208. The van der Waals surface area contributed by atoms with E-state index in [0.29, 0.717) is 18.6 Å². The molecule has 0 radical (unpaired) electrons. The Morgan fingerprint density at radius 2 is 1.96 bits per heavy atom. The molecule has 5 nitrogen and oxygen atoms in total. The van der Waals surface area contributed by atoms with E-state index in [-0.39, 0.29) is 18.4 Å². The number of anilines is 2. The van der Waals surface area contributed by atoms with E-state index in [1.165, 1.54) is 0 Å². The Morgan fingerprint density at radius 3 is 2.74 bits per heavy atom. The molecule has 1 aliphatic heterocycles. The maximum Gasteiger partial charge on any atom is 0.262 e. The highest BCUT2D eigenvalue weighted by Gasteiger charge is 2.15. The summed E-state index contributed by atoms with van der Waals surface area (Å²) in [6.07, 6.45) is 1.16. The molecular formula is C18H18N2O3.